The van der Waals surface area contributed by atoms with E-state index in [4.69, 9.17) is 9.26 Å². The van der Waals surface area contributed by atoms with E-state index in [2.05, 4.69) is 20.8 Å². The fourth-order valence-electron chi connectivity index (χ4n) is 4.15. The number of hydrogen-bond donors (Lipinski definition) is 2. The number of amides is 1. The molecule has 0 saturated carbocycles. The topological polar surface area (TPSA) is 96.9 Å². The Hall–Kier alpha value is -3.00. The molecule has 0 unspecified atom stereocenters. The molecule has 1 amide bonds. The fourth-order valence-corrected chi connectivity index (χ4v) is 4.89. The molecule has 1 aliphatic heterocycles. The molecule has 14 heteroatoms. The number of piperidine rings is 1. The summed E-state index contributed by atoms with van der Waals surface area (Å²) in [6, 6.07) is 3.56. The molecule has 38 heavy (non-hydrogen) atoms. The summed E-state index contributed by atoms with van der Waals surface area (Å²) in [5.41, 5.74) is -4.33. The summed E-state index contributed by atoms with van der Waals surface area (Å²) in [4.78, 5) is 18.2. The van der Waals surface area contributed by atoms with Gasteiger partial charge in [0.05, 0.1) is 27.8 Å². The first-order valence-electron chi connectivity index (χ1n) is 12.0. The van der Waals surface area contributed by atoms with E-state index in [-0.39, 0.29) is 40.6 Å². The minimum Gasteiger partial charge on any atom is -0.444 e. The number of anilines is 1. The van der Waals surface area contributed by atoms with Gasteiger partial charge < -0.3 is 29.2 Å². The van der Waals surface area contributed by atoms with Gasteiger partial charge in [-0.25, -0.2) is 9.18 Å². The van der Waals surface area contributed by atoms with Crippen molar-refractivity contribution in [3.63, 3.8) is 0 Å². The van der Waals surface area contributed by atoms with Gasteiger partial charge in [0.25, 0.3) is 0 Å². The molecule has 3 aromatic heterocycles. The van der Waals surface area contributed by atoms with Crippen LogP contribution in [0.15, 0.2) is 33.9 Å². The van der Waals surface area contributed by atoms with E-state index in [0.717, 1.165) is 0 Å². The van der Waals surface area contributed by atoms with Gasteiger partial charge in [0.2, 0.25) is 11.7 Å². The molecule has 1 aliphatic rings. The molecule has 1 saturated heterocycles. The summed E-state index contributed by atoms with van der Waals surface area (Å²) in [7, 11) is 1.84. The molecule has 0 bridgehead atoms. The van der Waals surface area contributed by atoms with Crippen molar-refractivity contribution < 1.29 is 31.6 Å². The van der Waals surface area contributed by atoms with Crippen molar-refractivity contribution in [2.45, 2.75) is 68.5 Å². The molecule has 4 rings (SSSR count). The van der Waals surface area contributed by atoms with E-state index in [9.17, 15) is 22.4 Å². The van der Waals surface area contributed by atoms with E-state index in [1.165, 1.54) is 16.7 Å². The van der Waals surface area contributed by atoms with E-state index < -0.39 is 35.5 Å². The maximum atomic E-state index is 14.7. The van der Waals surface area contributed by atoms with Crippen molar-refractivity contribution in [1.82, 2.24) is 24.8 Å². The highest BCUT2D eigenvalue weighted by Gasteiger charge is 2.35. The number of halogens is 4. The molecule has 1 fully saturated rings. The lowest BCUT2D eigenvalue weighted by Gasteiger charge is -2.33. The van der Waals surface area contributed by atoms with Gasteiger partial charge in [0.1, 0.15) is 17.8 Å². The summed E-state index contributed by atoms with van der Waals surface area (Å²) in [6.07, 6.45) is 0.204. The maximum Gasteiger partial charge on any atom is 0.447 e. The number of ether oxygens (including phenoxy) is 1. The molecule has 0 radical (unpaired) electrons. The summed E-state index contributed by atoms with van der Waals surface area (Å²) >= 11 is -0.308. The number of nitrogens with one attached hydrogen (secondary N) is 2. The number of fused-ring (bicyclic) bond motifs is 1. The minimum atomic E-state index is -4.59. The predicted octanol–water partition coefficient (Wildman–Crippen LogP) is 5.64. The smallest absolute Gasteiger partial charge is 0.444 e. The number of rotatable bonds is 6. The van der Waals surface area contributed by atoms with Gasteiger partial charge in [-0.15, -0.1) is 0 Å². The standard InChI is InChI=1S/C24H30F4N6O3S/c1-13(29-22(35)36-23(2,3)4)20-31-19(32-37-20)14-11-18-17(30-16-8-10-33(5)12-15(16)25)7-6-9-34(18)21(14)38-24(26,27)28/h6-7,9,11,13,15-16,30H,8,10,12H2,1-5H3,(H,29,35)/t13-,15+,16-/m1/s1. The highest BCUT2D eigenvalue weighted by atomic mass is 32.2. The Labute approximate surface area is 221 Å². The highest BCUT2D eigenvalue weighted by molar-refractivity contribution is 8.00. The van der Waals surface area contributed by atoms with E-state index in [0.29, 0.717) is 24.2 Å². The third-order valence-electron chi connectivity index (χ3n) is 5.85. The molecule has 208 valence electrons. The lowest BCUT2D eigenvalue weighted by Crippen LogP contribution is -2.46. The lowest BCUT2D eigenvalue weighted by atomic mass is 10.0. The minimum absolute atomic E-state index is 0.00554. The number of likely N-dealkylation sites (tertiary alicyclic amines) is 1. The molecule has 4 heterocycles. The zero-order chi connectivity index (χ0) is 27.8. The number of alkyl carbamates (subject to hydrolysis) is 1. The van der Waals surface area contributed by atoms with Crippen molar-refractivity contribution in [3.8, 4) is 11.4 Å². The van der Waals surface area contributed by atoms with Gasteiger partial charge in [-0.3, -0.25) is 0 Å². The van der Waals surface area contributed by atoms with Crippen molar-refractivity contribution in [1.29, 1.82) is 0 Å². The Morgan fingerprint density at radius 3 is 2.71 bits per heavy atom. The summed E-state index contributed by atoms with van der Waals surface area (Å²) in [5.74, 6) is -0.0871. The Morgan fingerprint density at radius 2 is 2.05 bits per heavy atom. The Balaban J connectivity index is 1.67. The van der Waals surface area contributed by atoms with Crippen LogP contribution in [0.5, 0.6) is 0 Å². The molecule has 0 aromatic carbocycles. The van der Waals surface area contributed by atoms with Crippen LogP contribution in [0.1, 0.15) is 46.0 Å². The quantitative estimate of drug-likeness (QED) is 0.296. The van der Waals surface area contributed by atoms with E-state index in [1.807, 2.05) is 11.9 Å². The van der Waals surface area contributed by atoms with Crippen LogP contribution in [-0.2, 0) is 4.74 Å². The largest absolute Gasteiger partial charge is 0.447 e. The molecular formula is C24H30F4N6O3S. The van der Waals surface area contributed by atoms with Crippen LogP contribution in [0.2, 0.25) is 0 Å². The van der Waals surface area contributed by atoms with E-state index in [1.54, 1.807) is 39.8 Å². The van der Waals surface area contributed by atoms with Gasteiger partial charge in [0.15, 0.2) is 0 Å². The molecular weight excluding hydrogens is 528 g/mol. The monoisotopic (exact) mass is 558 g/mol. The Bertz CT molecular complexity index is 1290. The SMILES string of the molecule is C[C@@H](NC(=O)OC(C)(C)C)c1nc(-c2cc3c(N[C@@H]4CCN(C)C[C@@H]4F)cccn3c2SC(F)(F)F)no1. The number of thioether (sulfide) groups is 1. The average molecular weight is 559 g/mol. The van der Waals surface area contributed by atoms with Crippen LogP contribution in [0.3, 0.4) is 0 Å². The fraction of sp³-hybridized carbons (Fsp3) is 0.542. The van der Waals surface area contributed by atoms with Crippen LogP contribution in [0, 0.1) is 0 Å². The first-order valence-corrected chi connectivity index (χ1v) is 12.8. The van der Waals surface area contributed by atoms with Crippen LogP contribution < -0.4 is 10.6 Å². The van der Waals surface area contributed by atoms with Crippen LogP contribution in [-0.4, -0.2) is 69.0 Å². The van der Waals surface area contributed by atoms with Crippen LogP contribution in [0.25, 0.3) is 16.9 Å². The molecule has 0 spiro atoms. The third-order valence-corrected chi connectivity index (χ3v) is 6.69. The number of carbonyl (C=O) groups excluding carboxylic acids is 1. The highest BCUT2D eigenvalue weighted by Crippen LogP contribution is 2.44. The lowest BCUT2D eigenvalue weighted by molar-refractivity contribution is -0.0329. The predicted molar refractivity (Wildman–Crippen MR) is 135 cm³/mol. The second-order valence-electron chi connectivity index (χ2n) is 10.2. The second kappa shape index (κ2) is 10.6. The van der Waals surface area contributed by atoms with Gasteiger partial charge in [0, 0.05) is 31.0 Å². The van der Waals surface area contributed by atoms with Crippen molar-refractivity contribution >= 4 is 29.1 Å². The number of alkyl halides is 4. The molecule has 3 aromatic rings. The number of nitrogens with zero attached hydrogens (tertiary/aromatic N) is 4. The van der Waals surface area contributed by atoms with Crippen molar-refractivity contribution in [2.75, 3.05) is 25.5 Å². The normalized spacial score (nSPS) is 19.9. The number of pyridine rings is 1. The average Bonchev–Trinajstić information content (AvgIpc) is 3.39. The Morgan fingerprint density at radius 1 is 1.32 bits per heavy atom. The number of hydrogen-bond acceptors (Lipinski definition) is 8. The number of aromatic nitrogens is 3. The first-order chi connectivity index (χ1) is 17.7. The number of carbonyl (C=O) groups is 1. The zero-order valence-electron chi connectivity index (χ0n) is 21.6. The van der Waals surface area contributed by atoms with Gasteiger partial charge >= 0.3 is 11.6 Å². The molecule has 3 atom stereocenters. The van der Waals surface area contributed by atoms with Gasteiger partial charge in [-0.2, -0.15) is 18.2 Å². The van der Waals surface area contributed by atoms with Crippen LogP contribution >= 0.6 is 11.8 Å². The molecule has 0 aliphatic carbocycles. The van der Waals surface area contributed by atoms with E-state index >= 15 is 0 Å². The summed E-state index contributed by atoms with van der Waals surface area (Å²) in [6.45, 7) is 7.68. The van der Waals surface area contributed by atoms with Crippen molar-refractivity contribution in [2.24, 2.45) is 0 Å². The van der Waals surface area contributed by atoms with Crippen molar-refractivity contribution in [3.05, 3.63) is 30.3 Å². The molecule has 2 N–H and O–H groups in total. The maximum absolute atomic E-state index is 14.7. The van der Waals surface area contributed by atoms with Crippen LogP contribution in [0.4, 0.5) is 28.0 Å². The van der Waals surface area contributed by atoms with Gasteiger partial charge in [-0.05, 0) is 59.4 Å². The third kappa shape index (κ3) is 6.70. The second-order valence-corrected chi connectivity index (χ2v) is 11.3. The first kappa shape index (κ1) is 28.0. The zero-order valence-corrected chi connectivity index (χ0v) is 22.4. The van der Waals surface area contributed by atoms with Gasteiger partial charge in [-0.1, -0.05) is 5.16 Å². The summed E-state index contributed by atoms with van der Waals surface area (Å²) < 4.78 is 67.2. The Kier molecular flexibility index (Phi) is 7.84. The summed E-state index contributed by atoms with van der Waals surface area (Å²) in [5, 5.41) is 9.45. The molecule has 9 nitrogen and oxygen atoms in total.